The molecule has 0 aliphatic rings. The van der Waals surface area contributed by atoms with Gasteiger partial charge < -0.3 is 4.74 Å². The number of rotatable bonds is 11. The van der Waals surface area contributed by atoms with Crippen molar-refractivity contribution in [3.63, 3.8) is 0 Å². The van der Waals surface area contributed by atoms with Gasteiger partial charge in [0, 0.05) is 11.1 Å². The van der Waals surface area contributed by atoms with Crippen LogP contribution in [0.25, 0.3) is 33.4 Å². The Kier molecular flexibility index (Phi) is 9.61. The molecule has 0 aliphatic carbocycles. The van der Waals surface area contributed by atoms with Gasteiger partial charge in [-0.2, -0.15) is 8.78 Å². The van der Waals surface area contributed by atoms with Crippen molar-refractivity contribution in [3.8, 4) is 39.1 Å². The Morgan fingerprint density at radius 2 is 1.07 bits per heavy atom. The van der Waals surface area contributed by atoms with E-state index in [1.165, 1.54) is 42.0 Å². The summed E-state index contributed by atoms with van der Waals surface area (Å²) in [5.41, 5.74) is 0.923. The predicted octanol–water partition coefficient (Wildman–Crippen LogP) is 11.6. The quantitative estimate of drug-likeness (QED) is 0.105. The molecule has 0 amide bonds. The molecule has 5 aromatic rings. The van der Waals surface area contributed by atoms with E-state index in [1.807, 2.05) is 24.3 Å². The van der Waals surface area contributed by atoms with Gasteiger partial charge in [-0.05, 0) is 82.6 Å². The molecule has 0 bridgehead atoms. The fourth-order valence-corrected chi connectivity index (χ4v) is 5.14. The van der Waals surface area contributed by atoms with Crippen LogP contribution in [-0.2, 0) is 19.2 Å². The topological polar surface area (TPSA) is 9.23 Å². The zero-order valence-electron chi connectivity index (χ0n) is 24.3. The Hall–Kier alpha value is -4.59. The second-order valence-electron chi connectivity index (χ2n) is 10.8. The summed E-state index contributed by atoms with van der Waals surface area (Å²) in [6, 6.07) is 21.7. The summed E-state index contributed by atoms with van der Waals surface area (Å²) < 4.78 is 107. The minimum absolute atomic E-state index is 0.115. The molecule has 5 rings (SSSR count). The highest BCUT2D eigenvalue weighted by Gasteiger charge is 2.41. The van der Waals surface area contributed by atoms with Gasteiger partial charge in [-0.25, -0.2) is 22.0 Å². The maximum Gasteiger partial charge on any atom is 0.432 e. The van der Waals surface area contributed by atoms with Crippen LogP contribution in [0, 0.1) is 23.3 Å². The lowest BCUT2D eigenvalue weighted by molar-refractivity contribution is -0.189. The lowest BCUT2D eigenvalue weighted by atomic mass is 9.96. The molecular weight excluding hydrogens is 593 g/mol. The molecule has 0 atom stereocenters. The van der Waals surface area contributed by atoms with Crippen LogP contribution in [0.5, 0.6) is 5.75 Å². The molecule has 8 heteroatoms. The van der Waals surface area contributed by atoms with Gasteiger partial charge in [0.05, 0.1) is 0 Å². The minimum Gasteiger partial charge on any atom is -0.429 e. The van der Waals surface area contributed by atoms with Crippen LogP contribution in [0.15, 0.2) is 97.1 Å². The number of unbranched alkanes of at least 4 members (excludes halogenated alkanes) is 2. The molecule has 45 heavy (non-hydrogen) atoms. The summed E-state index contributed by atoms with van der Waals surface area (Å²) >= 11 is 0. The molecular formula is C37H29F7O. The van der Waals surface area contributed by atoms with Gasteiger partial charge in [0.15, 0.2) is 0 Å². The molecule has 0 radical (unpaired) electrons. The van der Waals surface area contributed by atoms with Crippen molar-refractivity contribution in [3.05, 3.63) is 137 Å². The third-order valence-corrected chi connectivity index (χ3v) is 7.57. The molecule has 232 valence electrons. The maximum atomic E-state index is 15.2. The third-order valence-electron chi connectivity index (χ3n) is 7.57. The van der Waals surface area contributed by atoms with Crippen LogP contribution >= 0.6 is 0 Å². The van der Waals surface area contributed by atoms with E-state index >= 15 is 8.78 Å². The first-order valence-corrected chi connectivity index (χ1v) is 14.5. The first-order chi connectivity index (χ1) is 21.6. The summed E-state index contributed by atoms with van der Waals surface area (Å²) in [5.74, 6) is -5.27. The monoisotopic (exact) mass is 622 g/mol. The standard InChI is InChI=1S/C37H29F7O/c1-2-3-4-5-23-6-10-25(11-7-23)26-12-16-30(32(39)18-26)27-13-17-31(33(40)19-27)28-20-34(41)36(35(42)21-28)37(43,44)45-29-14-8-24(22-38)9-15-29/h6-21H,2-5,22H2,1H3. The Morgan fingerprint density at radius 3 is 1.64 bits per heavy atom. The van der Waals surface area contributed by atoms with Crippen molar-refractivity contribution in [2.45, 2.75) is 45.4 Å². The summed E-state index contributed by atoms with van der Waals surface area (Å²) in [7, 11) is 0. The van der Waals surface area contributed by atoms with E-state index in [0.717, 1.165) is 49.4 Å². The van der Waals surface area contributed by atoms with Crippen LogP contribution in [0.4, 0.5) is 30.7 Å². The van der Waals surface area contributed by atoms with Gasteiger partial charge in [0.2, 0.25) is 0 Å². The molecule has 0 saturated heterocycles. The van der Waals surface area contributed by atoms with E-state index in [-0.39, 0.29) is 27.8 Å². The zero-order chi connectivity index (χ0) is 32.1. The Labute approximate surface area is 256 Å². The van der Waals surface area contributed by atoms with Crippen molar-refractivity contribution in [1.29, 1.82) is 0 Å². The highest BCUT2D eigenvalue weighted by molar-refractivity contribution is 5.74. The maximum absolute atomic E-state index is 15.2. The number of alkyl halides is 3. The Bertz CT molecular complexity index is 1760. The zero-order valence-corrected chi connectivity index (χ0v) is 24.3. The first-order valence-electron chi connectivity index (χ1n) is 14.5. The van der Waals surface area contributed by atoms with E-state index in [1.54, 1.807) is 6.07 Å². The normalized spacial score (nSPS) is 11.6. The van der Waals surface area contributed by atoms with E-state index in [9.17, 15) is 22.0 Å². The van der Waals surface area contributed by atoms with Crippen molar-refractivity contribution < 1.29 is 35.5 Å². The molecule has 0 aromatic heterocycles. The van der Waals surface area contributed by atoms with E-state index in [4.69, 9.17) is 0 Å². The van der Waals surface area contributed by atoms with Gasteiger partial charge in [0.25, 0.3) is 0 Å². The fraction of sp³-hybridized carbons (Fsp3) is 0.189. The molecule has 0 spiro atoms. The van der Waals surface area contributed by atoms with Gasteiger partial charge in [-0.3, -0.25) is 0 Å². The lowest BCUT2D eigenvalue weighted by Crippen LogP contribution is -2.25. The SMILES string of the molecule is CCCCCc1ccc(-c2ccc(-c3ccc(-c4cc(F)c(C(F)(F)Oc5ccc(CF)cc5)c(F)c4)c(F)c3)c(F)c2)cc1. The number of hydrogen-bond donors (Lipinski definition) is 0. The number of hydrogen-bond acceptors (Lipinski definition) is 1. The van der Waals surface area contributed by atoms with Crippen LogP contribution in [0.3, 0.4) is 0 Å². The summed E-state index contributed by atoms with van der Waals surface area (Å²) in [6.07, 6.45) is -0.0443. The van der Waals surface area contributed by atoms with Crippen LogP contribution in [0.1, 0.15) is 42.9 Å². The molecule has 1 nitrogen and oxygen atoms in total. The van der Waals surface area contributed by atoms with Gasteiger partial charge in [-0.1, -0.05) is 80.4 Å². The Morgan fingerprint density at radius 1 is 0.556 bits per heavy atom. The van der Waals surface area contributed by atoms with Crippen molar-refractivity contribution in [2.24, 2.45) is 0 Å². The number of ether oxygens (including phenoxy) is 1. The van der Waals surface area contributed by atoms with E-state index in [2.05, 4.69) is 11.7 Å². The number of halogens is 7. The van der Waals surface area contributed by atoms with Gasteiger partial charge in [0.1, 0.15) is 41.3 Å². The van der Waals surface area contributed by atoms with Gasteiger partial charge in [-0.15, -0.1) is 0 Å². The highest BCUT2D eigenvalue weighted by atomic mass is 19.3. The molecule has 0 N–H and O–H groups in total. The van der Waals surface area contributed by atoms with Crippen LogP contribution in [0.2, 0.25) is 0 Å². The molecule has 0 aliphatic heterocycles. The van der Waals surface area contributed by atoms with Gasteiger partial charge >= 0.3 is 6.11 Å². The average molecular weight is 623 g/mol. The van der Waals surface area contributed by atoms with E-state index < -0.39 is 47.4 Å². The second kappa shape index (κ2) is 13.6. The largest absolute Gasteiger partial charge is 0.432 e. The Balaban J connectivity index is 1.36. The van der Waals surface area contributed by atoms with Crippen molar-refractivity contribution in [1.82, 2.24) is 0 Å². The van der Waals surface area contributed by atoms with Crippen LogP contribution in [-0.4, -0.2) is 0 Å². The number of aryl methyl sites for hydroxylation is 1. The second-order valence-corrected chi connectivity index (χ2v) is 10.8. The first kappa shape index (κ1) is 31.8. The molecule has 0 unspecified atom stereocenters. The number of benzene rings is 5. The smallest absolute Gasteiger partial charge is 0.429 e. The predicted molar refractivity (Wildman–Crippen MR) is 162 cm³/mol. The molecule has 0 saturated carbocycles. The summed E-state index contributed by atoms with van der Waals surface area (Å²) in [5, 5.41) is 0. The molecule has 0 fully saturated rings. The third kappa shape index (κ3) is 7.22. The molecule has 5 aromatic carbocycles. The molecule has 0 heterocycles. The van der Waals surface area contributed by atoms with E-state index in [0.29, 0.717) is 17.7 Å². The minimum atomic E-state index is -4.42. The average Bonchev–Trinajstić information content (AvgIpc) is 3.01. The lowest BCUT2D eigenvalue weighted by Gasteiger charge is -2.20. The summed E-state index contributed by atoms with van der Waals surface area (Å²) in [6.45, 7) is 1.32. The fourth-order valence-electron chi connectivity index (χ4n) is 5.14. The summed E-state index contributed by atoms with van der Waals surface area (Å²) in [4.78, 5) is 0. The van der Waals surface area contributed by atoms with Crippen molar-refractivity contribution in [2.75, 3.05) is 0 Å². The highest BCUT2D eigenvalue weighted by Crippen LogP contribution is 2.38. The van der Waals surface area contributed by atoms with Crippen LogP contribution < -0.4 is 4.74 Å². The van der Waals surface area contributed by atoms with Crippen molar-refractivity contribution >= 4 is 0 Å².